The molecule has 0 saturated heterocycles. The predicted octanol–water partition coefficient (Wildman–Crippen LogP) is 3.38. The molecule has 0 saturated carbocycles. The third kappa shape index (κ3) is 3.29. The fourth-order valence-electron chi connectivity index (χ4n) is 2.75. The molecular weight excluding hydrogens is 308 g/mol. The average molecular weight is 328 g/mol. The Morgan fingerprint density at radius 1 is 1.09 bits per heavy atom. The number of hydrogen-bond donors (Lipinski definition) is 0. The lowest BCUT2D eigenvalue weighted by molar-refractivity contribution is 0.384. The monoisotopic (exact) mass is 328 g/mol. The molecule has 3 rings (SSSR count). The van der Waals surface area contributed by atoms with Crippen molar-refractivity contribution in [3.63, 3.8) is 0 Å². The van der Waals surface area contributed by atoms with Crippen molar-refractivity contribution in [2.24, 2.45) is 5.10 Å². The smallest absolute Gasteiger partial charge is 0.200 e. The first-order valence-electron chi connectivity index (χ1n) is 7.68. The summed E-state index contributed by atoms with van der Waals surface area (Å²) in [7, 11) is -3.58. The van der Waals surface area contributed by atoms with Gasteiger partial charge in [-0.15, -0.1) is 0 Å². The van der Waals surface area contributed by atoms with E-state index in [4.69, 9.17) is 0 Å². The third-order valence-corrected chi connectivity index (χ3v) is 5.77. The second-order valence-corrected chi connectivity index (χ2v) is 7.77. The van der Waals surface area contributed by atoms with Crippen LogP contribution >= 0.6 is 0 Å². The molecule has 0 aromatic heterocycles. The van der Waals surface area contributed by atoms with E-state index in [0.29, 0.717) is 17.7 Å². The van der Waals surface area contributed by atoms with Gasteiger partial charge in [0.2, 0.25) is 0 Å². The molecule has 4 nitrogen and oxygen atoms in total. The van der Waals surface area contributed by atoms with Gasteiger partial charge in [0.25, 0.3) is 10.0 Å². The zero-order chi connectivity index (χ0) is 16.4. The van der Waals surface area contributed by atoms with E-state index in [1.165, 1.54) is 4.41 Å². The Hall–Kier alpha value is -2.14. The highest BCUT2D eigenvalue weighted by molar-refractivity contribution is 7.89. The standard InChI is InChI=1S/C18H20N2O2S/c1-14-8-10-18(11-9-14)23(21,22)20-15(2)12-17(19-20)13-16-6-4-3-5-7-16/h3-11,15H,12-13H2,1-2H3. The highest BCUT2D eigenvalue weighted by Crippen LogP contribution is 2.26. The number of sulfonamides is 1. The molecule has 1 heterocycles. The van der Waals surface area contributed by atoms with E-state index in [2.05, 4.69) is 5.10 Å². The topological polar surface area (TPSA) is 49.7 Å². The van der Waals surface area contributed by atoms with Crippen LogP contribution in [0.4, 0.5) is 0 Å². The summed E-state index contributed by atoms with van der Waals surface area (Å²) in [5.41, 5.74) is 3.08. The number of nitrogens with zero attached hydrogens (tertiary/aromatic N) is 2. The van der Waals surface area contributed by atoms with Crippen molar-refractivity contribution in [2.75, 3.05) is 0 Å². The summed E-state index contributed by atoms with van der Waals surface area (Å²) in [5.74, 6) is 0. The molecule has 2 aromatic rings. The van der Waals surface area contributed by atoms with Crippen molar-refractivity contribution in [3.05, 3.63) is 65.7 Å². The van der Waals surface area contributed by atoms with Gasteiger partial charge in [0.15, 0.2) is 0 Å². The zero-order valence-electron chi connectivity index (χ0n) is 13.3. The van der Waals surface area contributed by atoms with Crippen LogP contribution in [0, 0.1) is 6.92 Å². The summed E-state index contributed by atoms with van der Waals surface area (Å²) in [4.78, 5) is 0.291. The van der Waals surface area contributed by atoms with Gasteiger partial charge in [-0.25, -0.2) is 0 Å². The first-order valence-corrected chi connectivity index (χ1v) is 9.12. The van der Waals surface area contributed by atoms with E-state index in [1.54, 1.807) is 12.1 Å². The van der Waals surface area contributed by atoms with Crippen LogP contribution in [-0.2, 0) is 16.4 Å². The molecule has 0 bridgehead atoms. The van der Waals surface area contributed by atoms with Crippen LogP contribution in [0.25, 0.3) is 0 Å². The molecule has 1 aliphatic heterocycles. The molecule has 1 aliphatic rings. The van der Waals surface area contributed by atoms with Crippen LogP contribution in [0.15, 0.2) is 64.6 Å². The molecule has 23 heavy (non-hydrogen) atoms. The molecule has 0 amide bonds. The quantitative estimate of drug-likeness (QED) is 0.864. The molecule has 0 aliphatic carbocycles. The minimum Gasteiger partial charge on any atom is -0.200 e. The van der Waals surface area contributed by atoms with Crippen molar-refractivity contribution in [1.82, 2.24) is 4.41 Å². The normalized spacial score (nSPS) is 18.1. The lowest BCUT2D eigenvalue weighted by Crippen LogP contribution is -2.30. The molecule has 0 radical (unpaired) electrons. The summed E-state index contributed by atoms with van der Waals surface area (Å²) in [6.45, 7) is 3.83. The summed E-state index contributed by atoms with van der Waals surface area (Å²) in [6.07, 6.45) is 1.35. The fraction of sp³-hybridized carbons (Fsp3) is 0.278. The molecular formula is C18H20N2O2S. The van der Waals surface area contributed by atoms with E-state index in [0.717, 1.165) is 16.8 Å². The maximum Gasteiger partial charge on any atom is 0.279 e. The second kappa shape index (κ2) is 6.16. The molecule has 2 aromatic carbocycles. The lowest BCUT2D eigenvalue weighted by Gasteiger charge is -2.19. The van der Waals surface area contributed by atoms with Crippen LogP contribution in [0.2, 0.25) is 0 Å². The summed E-state index contributed by atoms with van der Waals surface area (Å²) < 4.78 is 26.8. The molecule has 1 atom stereocenters. The van der Waals surface area contributed by atoms with E-state index < -0.39 is 10.0 Å². The van der Waals surface area contributed by atoms with Crippen molar-refractivity contribution in [3.8, 4) is 0 Å². The van der Waals surface area contributed by atoms with Gasteiger partial charge in [-0.1, -0.05) is 48.0 Å². The Bertz CT molecular complexity index is 812. The SMILES string of the molecule is Cc1ccc(S(=O)(=O)N2N=C(Cc3ccccc3)CC2C)cc1. The van der Waals surface area contributed by atoms with Crippen molar-refractivity contribution in [1.29, 1.82) is 0 Å². The third-order valence-electron chi connectivity index (χ3n) is 3.96. The molecule has 120 valence electrons. The van der Waals surface area contributed by atoms with Crippen molar-refractivity contribution >= 4 is 15.7 Å². The first kappa shape index (κ1) is 15.7. The molecule has 0 spiro atoms. The first-order chi connectivity index (χ1) is 11.0. The van der Waals surface area contributed by atoms with Crippen LogP contribution in [0.3, 0.4) is 0 Å². The predicted molar refractivity (Wildman–Crippen MR) is 91.9 cm³/mol. The molecule has 1 unspecified atom stereocenters. The van der Waals surface area contributed by atoms with Gasteiger partial charge in [-0.05, 0) is 31.5 Å². The Morgan fingerprint density at radius 3 is 2.39 bits per heavy atom. The van der Waals surface area contributed by atoms with Gasteiger partial charge in [0.1, 0.15) is 0 Å². The Morgan fingerprint density at radius 2 is 1.74 bits per heavy atom. The number of hydrazone groups is 1. The van der Waals surface area contributed by atoms with E-state index in [-0.39, 0.29) is 6.04 Å². The number of hydrogen-bond acceptors (Lipinski definition) is 3. The van der Waals surface area contributed by atoms with Gasteiger partial charge in [0.05, 0.1) is 10.9 Å². The fourth-order valence-corrected chi connectivity index (χ4v) is 4.21. The van der Waals surface area contributed by atoms with Crippen molar-refractivity contribution < 1.29 is 8.42 Å². The summed E-state index contributed by atoms with van der Waals surface area (Å²) >= 11 is 0. The maximum absolute atomic E-state index is 12.8. The van der Waals surface area contributed by atoms with Crippen LogP contribution in [0.5, 0.6) is 0 Å². The van der Waals surface area contributed by atoms with Gasteiger partial charge in [0, 0.05) is 18.6 Å². The van der Waals surface area contributed by atoms with Gasteiger partial charge in [-0.3, -0.25) is 0 Å². The minimum atomic E-state index is -3.58. The number of rotatable bonds is 4. The van der Waals surface area contributed by atoms with Gasteiger partial charge < -0.3 is 0 Å². The summed E-state index contributed by atoms with van der Waals surface area (Å²) in [5, 5.41) is 4.40. The van der Waals surface area contributed by atoms with Crippen LogP contribution in [0.1, 0.15) is 24.5 Å². The second-order valence-electron chi connectivity index (χ2n) is 5.97. The Labute approximate surface area is 137 Å². The largest absolute Gasteiger partial charge is 0.279 e. The van der Waals surface area contributed by atoms with Gasteiger partial charge >= 0.3 is 0 Å². The van der Waals surface area contributed by atoms with Gasteiger partial charge in [-0.2, -0.15) is 17.9 Å². The van der Waals surface area contributed by atoms with E-state index in [9.17, 15) is 8.42 Å². The Kier molecular flexibility index (Phi) is 4.22. The average Bonchev–Trinajstić information content (AvgIpc) is 2.90. The Balaban J connectivity index is 1.85. The molecule has 0 fully saturated rings. The summed E-state index contributed by atoms with van der Waals surface area (Å²) in [6, 6.07) is 16.7. The zero-order valence-corrected chi connectivity index (χ0v) is 14.1. The van der Waals surface area contributed by atoms with E-state index in [1.807, 2.05) is 56.3 Å². The van der Waals surface area contributed by atoms with Crippen molar-refractivity contribution in [2.45, 2.75) is 37.6 Å². The van der Waals surface area contributed by atoms with Crippen LogP contribution < -0.4 is 0 Å². The highest BCUT2D eigenvalue weighted by atomic mass is 32.2. The minimum absolute atomic E-state index is 0.153. The highest BCUT2D eigenvalue weighted by Gasteiger charge is 2.33. The number of benzene rings is 2. The van der Waals surface area contributed by atoms with Crippen LogP contribution in [-0.4, -0.2) is 24.6 Å². The lowest BCUT2D eigenvalue weighted by atomic mass is 10.0. The van der Waals surface area contributed by atoms with E-state index >= 15 is 0 Å². The molecule has 5 heteroatoms. The molecule has 0 N–H and O–H groups in total. The number of aryl methyl sites for hydroxylation is 1. The maximum atomic E-state index is 12.8.